The Morgan fingerprint density at radius 1 is 1.33 bits per heavy atom. The maximum Gasteiger partial charge on any atom is 0.325 e. The van der Waals surface area contributed by atoms with Crippen LogP contribution in [0.15, 0.2) is 0 Å². The second-order valence-electron chi connectivity index (χ2n) is 5.21. The van der Waals surface area contributed by atoms with Crippen LogP contribution in [0.4, 0.5) is 0 Å². The van der Waals surface area contributed by atoms with Crippen LogP contribution >= 0.6 is 0 Å². The van der Waals surface area contributed by atoms with E-state index in [0.29, 0.717) is 12.1 Å². The first-order valence-corrected chi connectivity index (χ1v) is 6.89. The lowest BCUT2D eigenvalue weighted by atomic mass is 9.92. The monoisotopic (exact) mass is 258 g/mol. The molecule has 0 amide bonds. The van der Waals surface area contributed by atoms with Gasteiger partial charge < -0.3 is 10.1 Å². The van der Waals surface area contributed by atoms with Crippen molar-refractivity contribution in [2.75, 3.05) is 20.7 Å². The number of ether oxygens (including phenoxy) is 1. The van der Waals surface area contributed by atoms with E-state index in [4.69, 9.17) is 4.74 Å². The number of esters is 1. The molecular weight excluding hydrogens is 228 g/mol. The quantitative estimate of drug-likeness (QED) is 0.677. The molecule has 0 aromatic rings. The van der Waals surface area contributed by atoms with Gasteiger partial charge in [-0.15, -0.1) is 0 Å². The molecule has 0 saturated carbocycles. The highest BCUT2D eigenvalue weighted by Gasteiger charge is 2.36. The van der Waals surface area contributed by atoms with Crippen molar-refractivity contribution in [3.8, 4) is 0 Å². The van der Waals surface area contributed by atoms with Crippen LogP contribution in [0.5, 0.6) is 0 Å². The van der Waals surface area contributed by atoms with Crippen LogP contribution in [0.2, 0.25) is 0 Å². The van der Waals surface area contributed by atoms with Crippen molar-refractivity contribution in [3.05, 3.63) is 0 Å². The predicted octanol–water partition coefficient (Wildman–Crippen LogP) is 2.04. The lowest BCUT2D eigenvalue weighted by Gasteiger charge is -2.37. The molecule has 0 bridgehead atoms. The van der Waals surface area contributed by atoms with Gasteiger partial charge in [-0.05, 0) is 47.2 Å². The largest absolute Gasteiger partial charge is 0.468 e. The lowest BCUT2D eigenvalue weighted by Crippen LogP contribution is -2.53. The van der Waals surface area contributed by atoms with Crippen molar-refractivity contribution >= 4 is 5.97 Å². The Hall–Kier alpha value is -0.610. The summed E-state index contributed by atoms with van der Waals surface area (Å²) < 4.78 is 4.89. The van der Waals surface area contributed by atoms with Crippen LogP contribution < -0.4 is 5.32 Å². The summed E-state index contributed by atoms with van der Waals surface area (Å²) in [5, 5.41) is 3.09. The molecule has 4 nitrogen and oxygen atoms in total. The van der Waals surface area contributed by atoms with Crippen molar-refractivity contribution in [1.29, 1.82) is 0 Å². The molecule has 0 aliphatic carbocycles. The summed E-state index contributed by atoms with van der Waals surface area (Å²) in [5.41, 5.74) is -0.616. The molecule has 0 aromatic heterocycles. The van der Waals surface area contributed by atoms with Gasteiger partial charge in [0, 0.05) is 12.1 Å². The second-order valence-corrected chi connectivity index (χ2v) is 5.21. The van der Waals surface area contributed by atoms with Gasteiger partial charge in [-0.2, -0.15) is 0 Å². The van der Waals surface area contributed by atoms with E-state index >= 15 is 0 Å². The molecule has 0 aliphatic rings. The SMILES string of the molecule is CCC(C)N(CC)C(C)CC(C)(NC)C(=O)OC. The average molecular weight is 258 g/mol. The summed E-state index contributed by atoms with van der Waals surface area (Å²) in [4.78, 5) is 14.3. The predicted molar refractivity (Wildman–Crippen MR) is 75.7 cm³/mol. The number of nitrogens with one attached hydrogen (secondary N) is 1. The first kappa shape index (κ1) is 17.4. The minimum absolute atomic E-state index is 0.197. The molecule has 0 heterocycles. The molecular formula is C14H30N2O2. The van der Waals surface area contributed by atoms with E-state index in [-0.39, 0.29) is 5.97 Å². The van der Waals surface area contributed by atoms with Crippen LogP contribution in [-0.4, -0.2) is 49.2 Å². The maximum atomic E-state index is 11.8. The highest BCUT2D eigenvalue weighted by atomic mass is 16.5. The second kappa shape index (κ2) is 7.74. The minimum atomic E-state index is -0.616. The van der Waals surface area contributed by atoms with Crippen molar-refractivity contribution in [2.24, 2.45) is 0 Å². The normalized spacial score (nSPS) is 18.2. The third-order valence-corrected chi connectivity index (χ3v) is 3.98. The Bertz CT molecular complexity index is 258. The molecule has 0 spiro atoms. The Morgan fingerprint density at radius 2 is 1.89 bits per heavy atom. The minimum Gasteiger partial charge on any atom is -0.468 e. The topological polar surface area (TPSA) is 41.6 Å². The number of carbonyl (C=O) groups excluding carboxylic acids is 1. The van der Waals surface area contributed by atoms with Gasteiger partial charge in [0.25, 0.3) is 0 Å². The van der Waals surface area contributed by atoms with Crippen molar-refractivity contribution < 1.29 is 9.53 Å². The summed E-state index contributed by atoms with van der Waals surface area (Å²) >= 11 is 0. The van der Waals surface area contributed by atoms with Gasteiger partial charge in [-0.1, -0.05) is 13.8 Å². The highest BCUT2D eigenvalue weighted by Crippen LogP contribution is 2.20. The van der Waals surface area contributed by atoms with Crippen LogP contribution in [0.1, 0.15) is 47.5 Å². The molecule has 0 aliphatic heterocycles. The molecule has 4 heteroatoms. The zero-order valence-corrected chi connectivity index (χ0v) is 13.0. The van der Waals surface area contributed by atoms with E-state index in [1.165, 1.54) is 7.11 Å². The molecule has 0 fully saturated rings. The molecule has 108 valence electrons. The van der Waals surface area contributed by atoms with Crippen LogP contribution in [0, 0.1) is 0 Å². The number of methoxy groups -OCH3 is 1. The Balaban J connectivity index is 4.78. The van der Waals surface area contributed by atoms with Gasteiger partial charge in [0.2, 0.25) is 0 Å². The van der Waals surface area contributed by atoms with Gasteiger partial charge in [0.1, 0.15) is 5.54 Å². The maximum absolute atomic E-state index is 11.8. The molecule has 3 unspecified atom stereocenters. The fraction of sp³-hybridized carbons (Fsp3) is 0.929. The van der Waals surface area contributed by atoms with E-state index in [2.05, 4.69) is 37.9 Å². The highest BCUT2D eigenvalue weighted by molar-refractivity contribution is 5.80. The van der Waals surface area contributed by atoms with Gasteiger partial charge in [0.15, 0.2) is 0 Å². The fourth-order valence-corrected chi connectivity index (χ4v) is 2.51. The van der Waals surface area contributed by atoms with Crippen LogP contribution in [0.3, 0.4) is 0 Å². The number of nitrogens with zero attached hydrogens (tertiary/aromatic N) is 1. The van der Waals surface area contributed by atoms with Crippen LogP contribution in [-0.2, 0) is 9.53 Å². The number of carbonyl (C=O) groups is 1. The van der Waals surface area contributed by atoms with Crippen molar-refractivity contribution in [3.63, 3.8) is 0 Å². The number of hydrogen-bond acceptors (Lipinski definition) is 4. The fourth-order valence-electron chi connectivity index (χ4n) is 2.51. The van der Waals surface area contributed by atoms with E-state index in [1.807, 2.05) is 14.0 Å². The third-order valence-electron chi connectivity index (χ3n) is 3.98. The molecule has 0 saturated heterocycles. The number of likely N-dealkylation sites (N-methyl/N-ethyl adjacent to an activating group) is 1. The van der Waals surface area contributed by atoms with E-state index in [1.54, 1.807) is 0 Å². The smallest absolute Gasteiger partial charge is 0.325 e. The first-order valence-electron chi connectivity index (χ1n) is 6.89. The zero-order chi connectivity index (χ0) is 14.3. The molecule has 0 radical (unpaired) electrons. The number of rotatable bonds is 8. The summed E-state index contributed by atoms with van der Waals surface area (Å²) in [6.07, 6.45) is 1.86. The Labute approximate surface area is 112 Å². The van der Waals surface area contributed by atoms with E-state index < -0.39 is 5.54 Å². The van der Waals surface area contributed by atoms with Gasteiger partial charge in [0.05, 0.1) is 7.11 Å². The van der Waals surface area contributed by atoms with Gasteiger partial charge >= 0.3 is 5.97 Å². The summed E-state index contributed by atoms with van der Waals surface area (Å²) in [6.45, 7) is 11.7. The van der Waals surface area contributed by atoms with E-state index in [9.17, 15) is 4.79 Å². The summed E-state index contributed by atoms with van der Waals surface area (Å²) in [6, 6.07) is 0.866. The zero-order valence-electron chi connectivity index (χ0n) is 13.0. The number of hydrogen-bond donors (Lipinski definition) is 1. The molecule has 0 aromatic carbocycles. The molecule has 0 rings (SSSR count). The summed E-state index contributed by atoms with van der Waals surface area (Å²) in [7, 11) is 3.25. The summed E-state index contributed by atoms with van der Waals surface area (Å²) in [5.74, 6) is -0.197. The molecule has 1 N–H and O–H groups in total. The average Bonchev–Trinajstić information content (AvgIpc) is 2.37. The van der Waals surface area contributed by atoms with Crippen LogP contribution in [0.25, 0.3) is 0 Å². The van der Waals surface area contributed by atoms with E-state index in [0.717, 1.165) is 19.4 Å². The Morgan fingerprint density at radius 3 is 2.22 bits per heavy atom. The standard InChI is InChI=1S/C14H30N2O2/c1-8-11(3)16(9-2)12(4)10-14(5,15-6)13(17)18-7/h11-12,15H,8-10H2,1-7H3. The lowest BCUT2D eigenvalue weighted by molar-refractivity contribution is -0.148. The van der Waals surface area contributed by atoms with Gasteiger partial charge in [-0.3, -0.25) is 9.69 Å². The van der Waals surface area contributed by atoms with Crippen molar-refractivity contribution in [1.82, 2.24) is 10.2 Å². The van der Waals surface area contributed by atoms with Gasteiger partial charge in [-0.25, -0.2) is 0 Å². The third kappa shape index (κ3) is 4.25. The first-order chi connectivity index (χ1) is 8.36. The Kier molecular flexibility index (Phi) is 7.48. The molecule has 18 heavy (non-hydrogen) atoms. The van der Waals surface area contributed by atoms with Crippen molar-refractivity contribution in [2.45, 2.75) is 65.1 Å². The molecule has 3 atom stereocenters.